The van der Waals surface area contributed by atoms with Crippen LogP contribution in [0.2, 0.25) is 0 Å². The van der Waals surface area contributed by atoms with E-state index in [4.69, 9.17) is 0 Å². The highest BCUT2D eigenvalue weighted by molar-refractivity contribution is 5.26. The van der Waals surface area contributed by atoms with Gasteiger partial charge in [0.15, 0.2) is 0 Å². The van der Waals surface area contributed by atoms with E-state index in [1.807, 2.05) is 24.3 Å². The van der Waals surface area contributed by atoms with Crippen molar-refractivity contribution < 1.29 is 18.3 Å². The Balaban J connectivity index is 2.00. The highest BCUT2D eigenvalue weighted by atomic mass is 19.4. The number of halogens is 3. The first kappa shape index (κ1) is 17.5. The molecule has 0 bridgehead atoms. The van der Waals surface area contributed by atoms with E-state index in [0.29, 0.717) is 6.54 Å². The molecule has 0 amide bonds. The largest absolute Gasteiger partial charge is 0.419 e. The molecule has 0 fully saturated rings. The molecule has 0 aliphatic heterocycles. The second-order valence-electron chi connectivity index (χ2n) is 5.99. The van der Waals surface area contributed by atoms with Crippen LogP contribution < -0.4 is 5.32 Å². The standard InChI is InChI=1S/C16H20F3N3O/c1-15(2,23)12-6-4-11(5-7-12)8-20-10-14-13(16(17,18)19)9-21-22(14)3/h4-7,9,20,23H,8,10H2,1-3H3. The van der Waals surface area contributed by atoms with Crippen LogP contribution in [0.15, 0.2) is 30.5 Å². The first-order valence-electron chi connectivity index (χ1n) is 7.19. The van der Waals surface area contributed by atoms with E-state index < -0.39 is 17.3 Å². The summed E-state index contributed by atoms with van der Waals surface area (Å²) in [6, 6.07) is 7.30. The third kappa shape index (κ3) is 4.33. The van der Waals surface area contributed by atoms with E-state index in [0.717, 1.165) is 17.3 Å². The Kier molecular flexibility index (Phi) is 4.81. The molecule has 0 unspecified atom stereocenters. The first-order valence-corrected chi connectivity index (χ1v) is 7.19. The Morgan fingerprint density at radius 2 is 1.74 bits per heavy atom. The van der Waals surface area contributed by atoms with E-state index >= 15 is 0 Å². The van der Waals surface area contributed by atoms with Gasteiger partial charge in [-0.15, -0.1) is 0 Å². The van der Waals surface area contributed by atoms with Gasteiger partial charge in [-0.2, -0.15) is 18.3 Å². The van der Waals surface area contributed by atoms with E-state index in [2.05, 4.69) is 10.4 Å². The molecular formula is C16H20F3N3O. The number of aliphatic hydroxyl groups is 1. The van der Waals surface area contributed by atoms with Gasteiger partial charge in [0, 0.05) is 20.1 Å². The molecule has 7 heteroatoms. The van der Waals surface area contributed by atoms with Gasteiger partial charge in [0.25, 0.3) is 0 Å². The van der Waals surface area contributed by atoms with Crippen molar-refractivity contribution in [3.8, 4) is 0 Å². The van der Waals surface area contributed by atoms with Gasteiger partial charge in [-0.3, -0.25) is 4.68 Å². The molecule has 1 aromatic heterocycles. The van der Waals surface area contributed by atoms with Gasteiger partial charge in [0.05, 0.1) is 23.1 Å². The minimum atomic E-state index is -4.40. The summed E-state index contributed by atoms with van der Waals surface area (Å²) in [6.07, 6.45) is -3.56. The Morgan fingerprint density at radius 1 is 1.13 bits per heavy atom. The number of hydrogen-bond acceptors (Lipinski definition) is 3. The van der Waals surface area contributed by atoms with Crippen molar-refractivity contribution in [2.45, 2.75) is 38.7 Å². The maximum Gasteiger partial charge on any atom is 0.419 e. The zero-order valence-electron chi connectivity index (χ0n) is 13.3. The highest BCUT2D eigenvalue weighted by Gasteiger charge is 2.35. The molecule has 0 aliphatic rings. The molecule has 0 atom stereocenters. The van der Waals surface area contributed by atoms with E-state index in [1.165, 1.54) is 11.7 Å². The van der Waals surface area contributed by atoms with Crippen molar-refractivity contribution in [1.29, 1.82) is 0 Å². The van der Waals surface area contributed by atoms with Gasteiger partial charge in [0.2, 0.25) is 0 Å². The third-order valence-electron chi connectivity index (χ3n) is 3.65. The van der Waals surface area contributed by atoms with E-state index in [-0.39, 0.29) is 12.2 Å². The molecule has 126 valence electrons. The molecule has 2 N–H and O–H groups in total. The van der Waals surface area contributed by atoms with Crippen LogP contribution in [0.1, 0.15) is 36.2 Å². The summed E-state index contributed by atoms with van der Waals surface area (Å²) in [7, 11) is 1.49. The normalized spacial score (nSPS) is 12.7. The maximum absolute atomic E-state index is 12.9. The van der Waals surface area contributed by atoms with Gasteiger partial charge in [-0.05, 0) is 25.0 Å². The molecule has 0 aliphatic carbocycles. The summed E-state index contributed by atoms with van der Waals surface area (Å²) in [5, 5.41) is 16.6. The molecular weight excluding hydrogens is 307 g/mol. The number of aromatic nitrogens is 2. The molecule has 2 aromatic rings. The van der Waals surface area contributed by atoms with Crippen LogP contribution in [0.5, 0.6) is 0 Å². The molecule has 1 aromatic carbocycles. The number of nitrogens with zero attached hydrogens (tertiary/aromatic N) is 2. The Labute approximate surface area is 132 Å². The predicted molar refractivity (Wildman–Crippen MR) is 80.4 cm³/mol. The second kappa shape index (κ2) is 6.33. The summed E-state index contributed by atoms with van der Waals surface area (Å²) < 4.78 is 39.8. The zero-order chi connectivity index (χ0) is 17.3. The summed E-state index contributed by atoms with van der Waals surface area (Å²) in [4.78, 5) is 0. The van der Waals surface area contributed by atoms with Gasteiger partial charge in [-0.1, -0.05) is 24.3 Å². The van der Waals surface area contributed by atoms with Crippen LogP contribution in [0, 0.1) is 0 Å². The lowest BCUT2D eigenvalue weighted by atomic mass is 9.97. The van der Waals surface area contributed by atoms with E-state index in [1.54, 1.807) is 13.8 Å². The quantitative estimate of drug-likeness (QED) is 0.888. The summed E-state index contributed by atoms with van der Waals surface area (Å²) in [5.74, 6) is 0. The van der Waals surface area contributed by atoms with Crippen molar-refractivity contribution in [3.63, 3.8) is 0 Å². The number of aryl methyl sites for hydroxylation is 1. The van der Waals surface area contributed by atoms with Crippen molar-refractivity contribution in [2.24, 2.45) is 7.05 Å². The van der Waals surface area contributed by atoms with Crippen LogP contribution in [-0.2, 0) is 31.9 Å². The number of rotatable bonds is 5. The summed E-state index contributed by atoms with van der Waals surface area (Å²) in [6.45, 7) is 3.88. The molecule has 23 heavy (non-hydrogen) atoms. The fourth-order valence-electron chi connectivity index (χ4n) is 2.27. The lowest BCUT2D eigenvalue weighted by Gasteiger charge is -2.18. The van der Waals surface area contributed by atoms with Crippen molar-refractivity contribution in [1.82, 2.24) is 15.1 Å². The van der Waals surface area contributed by atoms with Gasteiger partial charge < -0.3 is 10.4 Å². The number of nitrogens with one attached hydrogen (secondary N) is 1. The number of benzene rings is 1. The Bertz CT molecular complexity index is 655. The molecule has 2 rings (SSSR count). The summed E-state index contributed by atoms with van der Waals surface area (Å²) in [5.41, 5.74) is 0.180. The lowest BCUT2D eigenvalue weighted by molar-refractivity contribution is -0.138. The first-order chi connectivity index (χ1) is 10.6. The number of hydrogen-bond donors (Lipinski definition) is 2. The van der Waals surface area contributed by atoms with Crippen LogP contribution >= 0.6 is 0 Å². The van der Waals surface area contributed by atoms with Gasteiger partial charge in [-0.25, -0.2) is 0 Å². The SMILES string of the molecule is Cn1ncc(C(F)(F)F)c1CNCc1ccc(C(C)(C)O)cc1. The van der Waals surface area contributed by atoms with E-state index in [9.17, 15) is 18.3 Å². The third-order valence-corrected chi connectivity index (χ3v) is 3.65. The Hall–Kier alpha value is -1.86. The van der Waals surface area contributed by atoms with Crippen LogP contribution in [0.4, 0.5) is 13.2 Å². The average molecular weight is 327 g/mol. The molecule has 0 saturated heterocycles. The highest BCUT2D eigenvalue weighted by Crippen LogP contribution is 2.31. The fraction of sp³-hybridized carbons (Fsp3) is 0.438. The minimum absolute atomic E-state index is 0.0680. The van der Waals surface area contributed by atoms with Crippen molar-refractivity contribution >= 4 is 0 Å². The number of alkyl halides is 3. The van der Waals surface area contributed by atoms with Gasteiger partial charge in [0.1, 0.15) is 0 Å². The zero-order valence-corrected chi connectivity index (χ0v) is 13.3. The minimum Gasteiger partial charge on any atom is -0.386 e. The smallest absolute Gasteiger partial charge is 0.386 e. The van der Waals surface area contributed by atoms with Crippen LogP contribution in [-0.4, -0.2) is 14.9 Å². The molecule has 0 spiro atoms. The van der Waals surface area contributed by atoms with Gasteiger partial charge >= 0.3 is 6.18 Å². The fourth-order valence-corrected chi connectivity index (χ4v) is 2.27. The maximum atomic E-state index is 12.9. The van der Waals surface area contributed by atoms with Crippen molar-refractivity contribution in [3.05, 3.63) is 52.8 Å². The molecule has 4 nitrogen and oxygen atoms in total. The Morgan fingerprint density at radius 3 is 2.26 bits per heavy atom. The monoisotopic (exact) mass is 327 g/mol. The second-order valence-corrected chi connectivity index (χ2v) is 5.99. The average Bonchev–Trinajstić information content (AvgIpc) is 2.80. The molecule has 1 heterocycles. The topological polar surface area (TPSA) is 50.1 Å². The van der Waals surface area contributed by atoms with Crippen LogP contribution in [0.25, 0.3) is 0 Å². The summed E-state index contributed by atoms with van der Waals surface area (Å²) >= 11 is 0. The molecule has 0 saturated carbocycles. The predicted octanol–water partition coefficient (Wildman–Crippen LogP) is 2.96. The van der Waals surface area contributed by atoms with Crippen LogP contribution in [0.3, 0.4) is 0 Å². The van der Waals surface area contributed by atoms with Crippen molar-refractivity contribution in [2.75, 3.05) is 0 Å². The lowest BCUT2D eigenvalue weighted by Crippen LogP contribution is -2.19. The molecule has 0 radical (unpaired) electrons.